The molecule has 0 bridgehead atoms. The van der Waals surface area contributed by atoms with Crippen molar-refractivity contribution in [1.82, 2.24) is 10.3 Å². The molecule has 0 spiro atoms. The summed E-state index contributed by atoms with van der Waals surface area (Å²) in [5, 5.41) is 7.63. The van der Waals surface area contributed by atoms with Crippen molar-refractivity contribution in [2.24, 2.45) is 11.0 Å². The first-order valence-electron chi connectivity index (χ1n) is 9.24. The average molecular weight is 399 g/mol. The van der Waals surface area contributed by atoms with Crippen molar-refractivity contribution >= 4 is 17.5 Å². The molecular weight excluding hydrogens is 378 g/mol. The second-order valence-electron chi connectivity index (χ2n) is 7.14. The Balaban J connectivity index is 1.69. The van der Waals surface area contributed by atoms with Crippen molar-refractivity contribution in [2.45, 2.75) is 57.3 Å². The number of hydrazone groups is 1. The summed E-state index contributed by atoms with van der Waals surface area (Å²) in [6, 6.07) is 4.53. The topological polar surface area (TPSA) is 61.8 Å². The predicted octanol–water partition coefficient (Wildman–Crippen LogP) is 3.54. The van der Waals surface area contributed by atoms with Gasteiger partial charge in [0, 0.05) is 18.9 Å². The average Bonchev–Trinajstić information content (AvgIpc) is 2.65. The molecule has 1 saturated carbocycles. The summed E-state index contributed by atoms with van der Waals surface area (Å²) in [6.45, 7) is 0.0600. The number of hydrogen-bond acceptors (Lipinski definition) is 3. The zero-order valence-electron chi connectivity index (χ0n) is 15.1. The second kappa shape index (κ2) is 8.28. The van der Waals surface area contributed by atoms with Gasteiger partial charge in [0.25, 0.3) is 5.91 Å². The summed E-state index contributed by atoms with van der Waals surface area (Å²) < 4.78 is 52.6. The molecule has 0 aromatic heterocycles. The van der Waals surface area contributed by atoms with E-state index in [1.165, 1.54) is 24.3 Å². The molecule has 1 N–H and O–H groups in total. The molecule has 2 atom stereocenters. The van der Waals surface area contributed by atoms with Crippen molar-refractivity contribution in [1.29, 1.82) is 0 Å². The van der Waals surface area contributed by atoms with Gasteiger partial charge in [-0.1, -0.05) is 25.0 Å². The van der Waals surface area contributed by atoms with Crippen molar-refractivity contribution in [3.63, 3.8) is 0 Å². The lowest BCUT2D eigenvalue weighted by atomic mass is 9.84. The van der Waals surface area contributed by atoms with Gasteiger partial charge in [-0.2, -0.15) is 18.3 Å². The van der Waals surface area contributed by atoms with Gasteiger partial charge in [0.2, 0.25) is 5.91 Å². The van der Waals surface area contributed by atoms with E-state index in [0.29, 0.717) is 18.4 Å². The fraction of sp³-hybridized carbons (Fsp3) is 0.526. The molecule has 152 valence electrons. The molecule has 9 heteroatoms. The van der Waals surface area contributed by atoms with Crippen LogP contribution < -0.4 is 5.32 Å². The Kier molecular flexibility index (Phi) is 6.00. The van der Waals surface area contributed by atoms with Gasteiger partial charge in [-0.3, -0.25) is 9.59 Å². The van der Waals surface area contributed by atoms with Gasteiger partial charge in [0.1, 0.15) is 11.5 Å². The first-order valence-corrected chi connectivity index (χ1v) is 9.24. The Morgan fingerprint density at radius 2 is 1.82 bits per heavy atom. The van der Waals surface area contributed by atoms with Gasteiger partial charge in [-0.15, -0.1) is 0 Å². The predicted molar refractivity (Wildman–Crippen MR) is 93.6 cm³/mol. The molecule has 2 amide bonds. The minimum absolute atomic E-state index is 0.00387. The fourth-order valence-corrected chi connectivity index (χ4v) is 3.60. The maximum atomic E-state index is 13.2. The number of benzene rings is 1. The zero-order valence-corrected chi connectivity index (χ0v) is 15.1. The van der Waals surface area contributed by atoms with Crippen LogP contribution in [0.4, 0.5) is 17.6 Å². The third kappa shape index (κ3) is 4.88. The third-order valence-electron chi connectivity index (χ3n) is 5.12. The molecule has 28 heavy (non-hydrogen) atoms. The minimum atomic E-state index is -4.36. The number of nitrogens with one attached hydrogen (secondary N) is 1. The van der Waals surface area contributed by atoms with Crippen LogP contribution >= 0.6 is 0 Å². The summed E-state index contributed by atoms with van der Waals surface area (Å²) in [4.78, 5) is 24.6. The largest absolute Gasteiger partial charge is 0.393 e. The highest BCUT2D eigenvalue weighted by atomic mass is 19.4. The van der Waals surface area contributed by atoms with Crippen LogP contribution in [0.15, 0.2) is 29.4 Å². The summed E-state index contributed by atoms with van der Waals surface area (Å²) in [7, 11) is 0. The quantitative estimate of drug-likeness (QED) is 0.788. The first-order chi connectivity index (χ1) is 13.2. The maximum absolute atomic E-state index is 13.2. The van der Waals surface area contributed by atoms with Crippen LogP contribution in [0, 0.1) is 11.7 Å². The number of carbonyl (C=O) groups excluding carboxylic acids is 2. The van der Waals surface area contributed by atoms with Crippen molar-refractivity contribution < 1.29 is 27.2 Å². The molecule has 2 aliphatic rings. The highest BCUT2D eigenvalue weighted by Crippen LogP contribution is 2.37. The Bertz CT molecular complexity index is 761. The molecular formula is C19H21F4N3O2. The lowest BCUT2D eigenvalue weighted by Crippen LogP contribution is -2.50. The van der Waals surface area contributed by atoms with Crippen LogP contribution in [0.25, 0.3) is 0 Å². The number of hydrogen-bond donors (Lipinski definition) is 1. The summed E-state index contributed by atoms with van der Waals surface area (Å²) in [6.07, 6.45) is -2.87. The van der Waals surface area contributed by atoms with Gasteiger partial charge < -0.3 is 5.32 Å². The van der Waals surface area contributed by atoms with E-state index in [1.54, 1.807) is 0 Å². The van der Waals surface area contributed by atoms with Crippen LogP contribution in [0.5, 0.6) is 0 Å². The van der Waals surface area contributed by atoms with Crippen LogP contribution in [0.3, 0.4) is 0 Å². The van der Waals surface area contributed by atoms with E-state index >= 15 is 0 Å². The van der Waals surface area contributed by atoms with E-state index in [0.717, 1.165) is 5.01 Å². The fourth-order valence-electron chi connectivity index (χ4n) is 3.60. The maximum Gasteiger partial charge on any atom is 0.393 e. The van der Waals surface area contributed by atoms with E-state index in [1.807, 2.05) is 0 Å². The summed E-state index contributed by atoms with van der Waals surface area (Å²) in [5.41, 5.74) is 0.665. The van der Waals surface area contributed by atoms with Gasteiger partial charge in [0.05, 0.1) is 12.5 Å². The number of rotatable bonds is 4. The Hall–Kier alpha value is -2.45. The van der Waals surface area contributed by atoms with Gasteiger partial charge in [-0.05, 0) is 30.5 Å². The monoisotopic (exact) mass is 399 g/mol. The Labute approximate surface area is 159 Å². The van der Waals surface area contributed by atoms with Crippen molar-refractivity contribution in [3.8, 4) is 0 Å². The molecule has 0 saturated heterocycles. The molecule has 3 rings (SSSR count). The zero-order chi connectivity index (χ0) is 20.3. The highest BCUT2D eigenvalue weighted by molar-refractivity contribution is 6.39. The Morgan fingerprint density at radius 3 is 2.50 bits per heavy atom. The Morgan fingerprint density at radius 1 is 1.14 bits per heavy atom. The lowest BCUT2D eigenvalue weighted by molar-refractivity contribution is -0.188. The van der Waals surface area contributed by atoms with E-state index < -0.39 is 29.9 Å². The highest BCUT2D eigenvalue weighted by Gasteiger charge is 2.46. The number of carbonyl (C=O) groups is 2. The number of amides is 2. The normalized spacial score (nSPS) is 23.4. The van der Waals surface area contributed by atoms with Gasteiger partial charge in [-0.25, -0.2) is 9.40 Å². The number of alkyl halides is 3. The minimum Gasteiger partial charge on any atom is -0.348 e. The summed E-state index contributed by atoms with van der Waals surface area (Å²) >= 11 is 0. The first kappa shape index (κ1) is 20.3. The van der Waals surface area contributed by atoms with Gasteiger partial charge >= 0.3 is 6.18 Å². The molecule has 1 aromatic rings. The van der Waals surface area contributed by atoms with Crippen LogP contribution in [-0.4, -0.2) is 34.8 Å². The van der Waals surface area contributed by atoms with Crippen LogP contribution in [0.2, 0.25) is 0 Å². The molecule has 1 aliphatic carbocycles. The number of halogens is 4. The SMILES string of the molecule is O=C(NC1CCCCC1C(F)(F)F)C1=NN(Cc2ccc(F)cc2)C(=O)CC1. The molecule has 1 aliphatic heterocycles. The van der Waals surface area contributed by atoms with E-state index in [-0.39, 0.29) is 43.8 Å². The van der Waals surface area contributed by atoms with Gasteiger partial charge in [0.15, 0.2) is 0 Å². The summed E-state index contributed by atoms with van der Waals surface area (Å²) in [5.74, 6) is -2.94. The van der Waals surface area contributed by atoms with Crippen LogP contribution in [0.1, 0.15) is 44.1 Å². The molecule has 1 heterocycles. The van der Waals surface area contributed by atoms with Crippen LogP contribution in [-0.2, 0) is 16.1 Å². The third-order valence-corrected chi connectivity index (χ3v) is 5.12. The van der Waals surface area contributed by atoms with E-state index in [4.69, 9.17) is 0 Å². The second-order valence-corrected chi connectivity index (χ2v) is 7.14. The molecule has 5 nitrogen and oxygen atoms in total. The molecule has 2 unspecified atom stereocenters. The van der Waals surface area contributed by atoms with Crippen molar-refractivity contribution in [3.05, 3.63) is 35.6 Å². The number of nitrogens with zero attached hydrogens (tertiary/aromatic N) is 2. The van der Waals surface area contributed by atoms with E-state index in [9.17, 15) is 27.2 Å². The van der Waals surface area contributed by atoms with E-state index in [2.05, 4.69) is 10.4 Å². The lowest BCUT2D eigenvalue weighted by Gasteiger charge is -2.34. The van der Waals surface area contributed by atoms with Crippen molar-refractivity contribution in [2.75, 3.05) is 0 Å². The molecule has 1 aromatic carbocycles. The smallest absolute Gasteiger partial charge is 0.348 e. The molecule has 0 radical (unpaired) electrons. The standard InChI is InChI=1S/C19H21F4N3O2/c20-13-7-5-12(6-8-13)11-26-17(27)10-9-16(25-26)18(28)24-15-4-2-1-3-14(15)19(21,22)23/h5-8,14-15H,1-4,9-11H2,(H,24,28). The molecule has 1 fully saturated rings.